The van der Waals surface area contributed by atoms with Crippen LogP contribution in [0, 0.1) is 6.92 Å². The summed E-state index contributed by atoms with van der Waals surface area (Å²) in [5.74, 6) is -0.674. The summed E-state index contributed by atoms with van der Waals surface area (Å²) in [6.45, 7) is 15.2. The fourth-order valence-electron chi connectivity index (χ4n) is 4.30. The third-order valence-corrected chi connectivity index (χ3v) is 5.91. The minimum absolute atomic E-state index is 0.0551. The van der Waals surface area contributed by atoms with Crippen LogP contribution >= 0.6 is 0 Å². The largest absolute Gasteiger partial charge is 0.444 e. The molecule has 0 aliphatic heterocycles. The molecule has 7 heteroatoms. The number of carbonyl (C=O) groups is 3. The normalized spacial score (nSPS) is 13.5. The van der Waals surface area contributed by atoms with Gasteiger partial charge in [-0.05, 0) is 52.2 Å². The van der Waals surface area contributed by atoms with E-state index in [0.29, 0.717) is 5.56 Å². The molecule has 0 aliphatic rings. The smallest absolute Gasteiger partial charge is 0.408 e. The van der Waals surface area contributed by atoms with Crippen molar-refractivity contribution in [1.82, 2.24) is 15.5 Å². The summed E-state index contributed by atoms with van der Waals surface area (Å²) in [6.07, 6.45) is 2.87. The van der Waals surface area contributed by atoms with E-state index >= 15 is 0 Å². The van der Waals surface area contributed by atoms with Gasteiger partial charge in [0.05, 0.1) is 0 Å². The van der Waals surface area contributed by atoms with E-state index in [1.807, 2.05) is 68.4 Å². The van der Waals surface area contributed by atoms with Gasteiger partial charge in [-0.3, -0.25) is 9.59 Å². The highest BCUT2D eigenvalue weighted by molar-refractivity contribution is 5.92. The van der Waals surface area contributed by atoms with E-state index in [-0.39, 0.29) is 24.9 Å². The molecule has 0 fully saturated rings. The molecule has 38 heavy (non-hydrogen) atoms. The molecular weight excluding hydrogens is 478 g/mol. The minimum atomic E-state index is -0.958. The highest BCUT2D eigenvalue weighted by Crippen LogP contribution is 2.25. The number of hydrogen-bond donors (Lipinski definition) is 2. The predicted octanol–water partition coefficient (Wildman–Crippen LogP) is 5.49. The van der Waals surface area contributed by atoms with Gasteiger partial charge in [-0.2, -0.15) is 0 Å². The maximum atomic E-state index is 14.2. The van der Waals surface area contributed by atoms with Crippen molar-refractivity contribution in [3.63, 3.8) is 0 Å². The molecule has 2 N–H and O–H groups in total. The summed E-state index contributed by atoms with van der Waals surface area (Å²) in [4.78, 5) is 42.1. The number of nitrogens with zero attached hydrogens (tertiary/aromatic N) is 1. The Morgan fingerprint density at radius 1 is 1.05 bits per heavy atom. The van der Waals surface area contributed by atoms with Crippen LogP contribution < -0.4 is 10.6 Å². The van der Waals surface area contributed by atoms with Crippen molar-refractivity contribution >= 4 is 17.9 Å². The fourth-order valence-corrected chi connectivity index (χ4v) is 4.30. The monoisotopic (exact) mass is 521 g/mol. The van der Waals surface area contributed by atoms with E-state index in [2.05, 4.69) is 24.1 Å². The van der Waals surface area contributed by atoms with Gasteiger partial charge in [-0.15, -0.1) is 6.58 Å². The van der Waals surface area contributed by atoms with Gasteiger partial charge in [0, 0.05) is 19.0 Å². The third kappa shape index (κ3) is 9.69. The van der Waals surface area contributed by atoms with Gasteiger partial charge in [0.15, 0.2) is 0 Å². The molecule has 0 heterocycles. The maximum absolute atomic E-state index is 14.2. The average Bonchev–Trinajstić information content (AvgIpc) is 2.82. The summed E-state index contributed by atoms with van der Waals surface area (Å²) in [5, 5.41) is 5.83. The van der Waals surface area contributed by atoms with Crippen LogP contribution in [0.3, 0.4) is 0 Å². The molecule has 0 bridgehead atoms. The Hall–Kier alpha value is -3.61. The summed E-state index contributed by atoms with van der Waals surface area (Å²) in [5.41, 5.74) is 1.80. The molecule has 7 nitrogen and oxygen atoms in total. The zero-order chi connectivity index (χ0) is 28.3. The van der Waals surface area contributed by atoms with Gasteiger partial charge >= 0.3 is 6.09 Å². The first-order valence-corrected chi connectivity index (χ1v) is 13.3. The zero-order valence-corrected chi connectivity index (χ0v) is 23.6. The molecule has 3 unspecified atom stereocenters. The number of nitrogens with one attached hydrogen (secondary N) is 2. The van der Waals surface area contributed by atoms with Crippen LogP contribution in [-0.4, -0.2) is 47.0 Å². The lowest BCUT2D eigenvalue weighted by atomic mass is 9.98. The van der Waals surface area contributed by atoms with Crippen LogP contribution in [0.5, 0.6) is 0 Å². The second kappa shape index (κ2) is 14.4. The van der Waals surface area contributed by atoms with E-state index in [4.69, 9.17) is 4.74 Å². The van der Waals surface area contributed by atoms with Crippen molar-refractivity contribution in [2.45, 2.75) is 84.5 Å². The first-order valence-electron chi connectivity index (χ1n) is 13.3. The highest BCUT2D eigenvalue weighted by atomic mass is 16.6. The molecule has 0 saturated heterocycles. The lowest BCUT2D eigenvalue weighted by Crippen LogP contribution is -2.54. The van der Waals surface area contributed by atoms with Crippen LogP contribution in [0.1, 0.15) is 70.2 Å². The number of rotatable bonds is 12. The van der Waals surface area contributed by atoms with E-state index in [1.54, 1.807) is 26.8 Å². The fraction of sp³-hybridized carbons (Fsp3) is 0.452. The van der Waals surface area contributed by atoms with E-state index < -0.39 is 29.7 Å². The van der Waals surface area contributed by atoms with Gasteiger partial charge in [0.25, 0.3) is 0 Å². The molecule has 2 aromatic carbocycles. The SMILES string of the molecule is C=CCN(C(=O)C(Cc1ccccc1)NC(=O)OC(C)(C)C)C(C(=O)NC(C)CCC)c1cccc(C)c1. The van der Waals surface area contributed by atoms with Crippen molar-refractivity contribution in [2.24, 2.45) is 0 Å². The quantitative estimate of drug-likeness (QED) is 0.362. The maximum Gasteiger partial charge on any atom is 0.408 e. The number of carbonyl (C=O) groups excluding carboxylic acids is 3. The van der Waals surface area contributed by atoms with Crippen molar-refractivity contribution in [1.29, 1.82) is 0 Å². The van der Waals surface area contributed by atoms with Crippen LogP contribution in [0.25, 0.3) is 0 Å². The van der Waals surface area contributed by atoms with E-state index in [0.717, 1.165) is 24.0 Å². The molecule has 2 aromatic rings. The Morgan fingerprint density at radius 2 is 1.74 bits per heavy atom. The van der Waals surface area contributed by atoms with Crippen molar-refractivity contribution in [3.05, 3.63) is 83.9 Å². The van der Waals surface area contributed by atoms with Crippen LogP contribution in [-0.2, 0) is 20.7 Å². The van der Waals surface area contributed by atoms with Gasteiger partial charge in [-0.25, -0.2) is 4.79 Å². The van der Waals surface area contributed by atoms with E-state index in [1.165, 1.54) is 4.90 Å². The first-order chi connectivity index (χ1) is 17.9. The molecule has 0 radical (unpaired) electrons. The van der Waals surface area contributed by atoms with E-state index in [9.17, 15) is 14.4 Å². The Labute approximate surface area is 227 Å². The molecule has 206 valence electrons. The second-order valence-corrected chi connectivity index (χ2v) is 10.7. The standard InChI is InChI=1S/C31H43N3O4/c1-8-14-23(4)32-28(35)27(25-18-13-15-22(3)20-25)34(19-9-2)29(36)26(21-24-16-11-10-12-17-24)33-30(37)38-31(5,6)7/h9-13,15-18,20,23,26-27H,2,8,14,19,21H2,1,3-7H3,(H,32,35)(H,33,37). The van der Waals surface area contributed by atoms with Gasteiger partial charge in [0.1, 0.15) is 17.7 Å². The Bertz CT molecular complexity index is 1080. The predicted molar refractivity (Wildman–Crippen MR) is 152 cm³/mol. The number of hydrogen-bond acceptors (Lipinski definition) is 4. The first kappa shape index (κ1) is 30.6. The van der Waals surface area contributed by atoms with Gasteiger partial charge in [0.2, 0.25) is 11.8 Å². The molecule has 3 amide bonds. The van der Waals surface area contributed by atoms with Crippen molar-refractivity contribution < 1.29 is 19.1 Å². The Kier molecular flexibility index (Phi) is 11.6. The molecule has 3 atom stereocenters. The summed E-state index contributed by atoms with van der Waals surface area (Å²) in [6, 6.07) is 15.1. The van der Waals surface area contributed by atoms with Gasteiger partial charge < -0.3 is 20.3 Å². The minimum Gasteiger partial charge on any atom is -0.444 e. The van der Waals surface area contributed by atoms with Crippen molar-refractivity contribution in [3.8, 4) is 0 Å². The second-order valence-electron chi connectivity index (χ2n) is 10.7. The van der Waals surface area contributed by atoms with Crippen molar-refractivity contribution in [2.75, 3.05) is 6.54 Å². The molecule has 0 aliphatic carbocycles. The third-order valence-electron chi connectivity index (χ3n) is 5.91. The Balaban J connectivity index is 2.51. The number of amides is 3. The van der Waals surface area contributed by atoms with Crippen LogP contribution in [0.2, 0.25) is 0 Å². The summed E-state index contributed by atoms with van der Waals surface area (Å²) >= 11 is 0. The topological polar surface area (TPSA) is 87.7 Å². The Morgan fingerprint density at radius 3 is 2.32 bits per heavy atom. The molecule has 2 rings (SSSR count). The summed E-state index contributed by atoms with van der Waals surface area (Å²) in [7, 11) is 0. The number of ether oxygens (including phenoxy) is 1. The number of benzene rings is 2. The average molecular weight is 522 g/mol. The zero-order valence-electron chi connectivity index (χ0n) is 23.6. The summed E-state index contributed by atoms with van der Waals surface area (Å²) < 4.78 is 5.46. The van der Waals surface area contributed by atoms with Gasteiger partial charge in [-0.1, -0.05) is 79.6 Å². The molecule has 0 spiro atoms. The highest BCUT2D eigenvalue weighted by Gasteiger charge is 2.36. The molecular formula is C31H43N3O4. The molecule has 0 aromatic heterocycles. The lowest BCUT2D eigenvalue weighted by molar-refractivity contribution is -0.142. The lowest BCUT2D eigenvalue weighted by Gasteiger charge is -2.34. The molecule has 0 saturated carbocycles. The number of aryl methyl sites for hydroxylation is 1. The van der Waals surface area contributed by atoms with Crippen LogP contribution in [0.15, 0.2) is 67.3 Å². The number of alkyl carbamates (subject to hydrolysis) is 1. The van der Waals surface area contributed by atoms with Crippen LogP contribution in [0.4, 0.5) is 4.79 Å².